The fourth-order valence-electron chi connectivity index (χ4n) is 4.35. The van der Waals surface area contributed by atoms with Crippen LogP contribution in [0, 0.1) is 0 Å². The van der Waals surface area contributed by atoms with Crippen molar-refractivity contribution in [3.05, 3.63) is 66.2 Å². The Morgan fingerprint density at radius 2 is 2.00 bits per heavy atom. The van der Waals surface area contributed by atoms with E-state index in [4.69, 9.17) is 0 Å². The first-order chi connectivity index (χ1) is 14.8. The Morgan fingerprint density at radius 1 is 1.07 bits per heavy atom. The summed E-state index contributed by atoms with van der Waals surface area (Å²) in [5.41, 5.74) is 4.40. The SMILES string of the molecule is O=C(CCc1c[nH]c2ccccc12)N1CCCN(Cc2cnn3cccnc23)CC1. The average molecular weight is 403 g/mol. The summed E-state index contributed by atoms with van der Waals surface area (Å²) in [7, 11) is 0. The lowest BCUT2D eigenvalue weighted by Crippen LogP contribution is -2.35. The van der Waals surface area contributed by atoms with E-state index in [0.29, 0.717) is 6.42 Å². The molecule has 1 fully saturated rings. The summed E-state index contributed by atoms with van der Waals surface area (Å²) >= 11 is 0. The van der Waals surface area contributed by atoms with Crippen LogP contribution in [-0.2, 0) is 17.8 Å². The van der Waals surface area contributed by atoms with E-state index in [1.807, 2.05) is 46.2 Å². The molecule has 0 aliphatic carbocycles. The molecule has 7 heteroatoms. The van der Waals surface area contributed by atoms with Gasteiger partial charge >= 0.3 is 0 Å². The highest BCUT2D eigenvalue weighted by atomic mass is 16.2. The number of nitrogens with zero attached hydrogens (tertiary/aromatic N) is 5. The number of amides is 1. The van der Waals surface area contributed by atoms with Crippen LogP contribution in [0.25, 0.3) is 16.6 Å². The molecule has 0 radical (unpaired) electrons. The zero-order valence-electron chi connectivity index (χ0n) is 17.0. The number of H-pyrrole nitrogens is 1. The Labute approximate surface area is 175 Å². The van der Waals surface area contributed by atoms with Crippen LogP contribution in [0.4, 0.5) is 0 Å². The average Bonchev–Trinajstić information content (AvgIpc) is 3.30. The van der Waals surface area contributed by atoms with E-state index in [2.05, 4.69) is 32.1 Å². The van der Waals surface area contributed by atoms with Crippen LogP contribution in [0.15, 0.2) is 55.1 Å². The Bertz CT molecular complexity index is 1160. The van der Waals surface area contributed by atoms with Gasteiger partial charge in [0.15, 0.2) is 5.65 Å². The number of aromatic amines is 1. The van der Waals surface area contributed by atoms with Crippen LogP contribution in [0.1, 0.15) is 24.0 Å². The second kappa shape index (κ2) is 8.28. The topological polar surface area (TPSA) is 69.5 Å². The fourth-order valence-corrected chi connectivity index (χ4v) is 4.35. The van der Waals surface area contributed by atoms with Crippen LogP contribution in [0.3, 0.4) is 0 Å². The van der Waals surface area contributed by atoms with E-state index in [1.54, 1.807) is 6.20 Å². The number of carbonyl (C=O) groups excluding carboxylic acids is 1. The van der Waals surface area contributed by atoms with E-state index in [-0.39, 0.29) is 5.91 Å². The molecule has 1 aliphatic heterocycles. The van der Waals surface area contributed by atoms with E-state index >= 15 is 0 Å². The predicted molar refractivity (Wildman–Crippen MR) is 116 cm³/mol. The zero-order valence-corrected chi connectivity index (χ0v) is 17.0. The summed E-state index contributed by atoms with van der Waals surface area (Å²) in [5.74, 6) is 0.250. The van der Waals surface area contributed by atoms with Gasteiger partial charge in [0.1, 0.15) is 0 Å². The Balaban J connectivity index is 1.17. The number of hydrogen-bond donors (Lipinski definition) is 1. The standard InChI is InChI=1S/C23H26N6O/c30-22(8-7-18-15-25-21-6-2-1-5-20(18)21)28-11-4-10-27(13-14-28)17-19-16-26-29-12-3-9-24-23(19)29/h1-3,5-6,9,12,15-16,25H,4,7-8,10-11,13-14,17H2. The molecule has 7 nitrogen and oxygen atoms in total. The number of carbonyl (C=O) groups is 1. The van der Waals surface area contributed by atoms with Crippen LogP contribution in [-0.4, -0.2) is 61.5 Å². The van der Waals surface area contributed by atoms with Crippen molar-refractivity contribution in [3.63, 3.8) is 0 Å². The van der Waals surface area contributed by atoms with Gasteiger partial charge in [-0.25, -0.2) is 9.50 Å². The van der Waals surface area contributed by atoms with Crippen molar-refractivity contribution in [1.29, 1.82) is 0 Å². The predicted octanol–water partition coefficient (Wildman–Crippen LogP) is 2.88. The quantitative estimate of drug-likeness (QED) is 0.557. The number of aromatic nitrogens is 4. The molecule has 1 saturated heterocycles. The molecule has 1 amide bonds. The third-order valence-electron chi connectivity index (χ3n) is 5.97. The van der Waals surface area contributed by atoms with Gasteiger partial charge in [0.25, 0.3) is 0 Å². The lowest BCUT2D eigenvalue weighted by molar-refractivity contribution is -0.131. The van der Waals surface area contributed by atoms with Gasteiger partial charge in [-0.05, 0) is 30.5 Å². The van der Waals surface area contributed by atoms with Crippen molar-refractivity contribution in [2.24, 2.45) is 0 Å². The zero-order chi connectivity index (χ0) is 20.3. The van der Waals surface area contributed by atoms with Crippen molar-refractivity contribution in [1.82, 2.24) is 29.4 Å². The summed E-state index contributed by atoms with van der Waals surface area (Å²) < 4.78 is 1.81. The highest BCUT2D eigenvalue weighted by molar-refractivity contribution is 5.84. The van der Waals surface area contributed by atoms with Crippen molar-refractivity contribution in [2.45, 2.75) is 25.8 Å². The van der Waals surface area contributed by atoms with Gasteiger partial charge < -0.3 is 9.88 Å². The Hall–Kier alpha value is -3.19. The third kappa shape index (κ3) is 3.80. The molecule has 0 unspecified atom stereocenters. The van der Waals surface area contributed by atoms with Gasteiger partial charge in [-0.2, -0.15) is 5.10 Å². The second-order valence-corrected chi connectivity index (χ2v) is 7.93. The van der Waals surface area contributed by atoms with Gasteiger partial charge in [0, 0.05) is 74.2 Å². The maximum atomic E-state index is 12.9. The molecule has 3 aromatic heterocycles. The van der Waals surface area contributed by atoms with E-state index in [1.165, 1.54) is 10.9 Å². The van der Waals surface area contributed by atoms with E-state index in [0.717, 1.165) is 62.3 Å². The molecular formula is C23H26N6O. The lowest BCUT2D eigenvalue weighted by atomic mass is 10.1. The Morgan fingerprint density at radius 3 is 2.97 bits per heavy atom. The number of fused-ring (bicyclic) bond motifs is 2. The molecule has 4 aromatic rings. The van der Waals surface area contributed by atoms with Crippen LogP contribution in [0.5, 0.6) is 0 Å². The van der Waals surface area contributed by atoms with Gasteiger partial charge in [0.2, 0.25) is 5.91 Å². The van der Waals surface area contributed by atoms with Crippen molar-refractivity contribution in [2.75, 3.05) is 26.2 Å². The Kier molecular flexibility index (Phi) is 5.19. The molecule has 1 aromatic carbocycles. The summed E-state index contributed by atoms with van der Waals surface area (Å²) in [6.45, 7) is 4.28. The number of hydrogen-bond acceptors (Lipinski definition) is 4. The summed E-state index contributed by atoms with van der Waals surface area (Å²) in [5, 5.41) is 5.60. The van der Waals surface area contributed by atoms with Crippen molar-refractivity contribution < 1.29 is 4.79 Å². The van der Waals surface area contributed by atoms with E-state index in [9.17, 15) is 4.79 Å². The van der Waals surface area contributed by atoms with Crippen LogP contribution >= 0.6 is 0 Å². The molecule has 1 N–H and O–H groups in total. The molecule has 30 heavy (non-hydrogen) atoms. The molecule has 154 valence electrons. The molecule has 0 bridgehead atoms. The summed E-state index contributed by atoms with van der Waals surface area (Å²) in [4.78, 5) is 25.0. The number of rotatable bonds is 5. The first-order valence-corrected chi connectivity index (χ1v) is 10.6. The van der Waals surface area contributed by atoms with Gasteiger partial charge in [-0.1, -0.05) is 18.2 Å². The largest absolute Gasteiger partial charge is 0.361 e. The molecule has 4 heterocycles. The number of aryl methyl sites for hydroxylation is 1. The highest BCUT2D eigenvalue weighted by Gasteiger charge is 2.20. The van der Waals surface area contributed by atoms with Gasteiger partial charge in [-0.3, -0.25) is 9.69 Å². The lowest BCUT2D eigenvalue weighted by Gasteiger charge is -2.21. The molecule has 0 saturated carbocycles. The maximum Gasteiger partial charge on any atom is 0.222 e. The van der Waals surface area contributed by atoms with E-state index < -0.39 is 0 Å². The summed E-state index contributed by atoms with van der Waals surface area (Å²) in [6.07, 6.45) is 9.98. The molecular weight excluding hydrogens is 376 g/mol. The normalized spacial score (nSPS) is 15.7. The minimum absolute atomic E-state index is 0.250. The minimum Gasteiger partial charge on any atom is -0.361 e. The number of nitrogens with one attached hydrogen (secondary N) is 1. The second-order valence-electron chi connectivity index (χ2n) is 7.93. The summed E-state index contributed by atoms with van der Waals surface area (Å²) in [6, 6.07) is 10.1. The molecule has 0 atom stereocenters. The van der Waals surface area contributed by atoms with Crippen LogP contribution in [0.2, 0.25) is 0 Å². The first kappa shape index (κ1) is 18.8. The number of benzene rings is 1. The van der Waals surface area contributed by atoms with Crippen LogP contribution < -0.4 is 0 Å². The highest BCUT2D eigenvalue weighted by Crippen LogP contribution is 2.20. The van der Waals surface area contributed by atoms with Crippen molar-refractivity contribution in [3.8, 4) is 0 Å². The molecule has 0 spiro atoms. The third-order valence-corrected chi connectivity index (χ3v) is 5.97. The molecule has 5 rings (SSSR count). The van der Waals surface area contributed by atoms with Gasteiger partial charge in [-0.15, -0.1) is 0 Å². The van der Waals surface area contributed by atoms with Crippen molar-refractivity contribution >= 4 is 22.5 Å². The monoisotopic (exact) mass is 402 g/mol. The molecule has 1 aliphatic rings. The smallest absolute Gasteiger partial charge is 0.222 e. The van der Waals surface area contributed by atoms with Gasteiger partial charge in [0.05, 0.1) is 6.20 Å². The minimum atomic E-state index is 0.250. The maximum absolute atomic E-state index is 12.9. The number of para-hydroxylation sites is 1. The fraction of sp³-hybridized carbons (Fsp3) is 0.348. The first-order valence-electron chi connectivity index (χ1n) is 10.6.